The van der Waals surface area contributed by atoms with E-state index >= 15 is 0 Å². The van der Waals surface area contributed by atoms with Gasteiger partial charge in [0.15, 0.2) is 0 Å². The van der Waals surface area contributed by atoms with Gasteiger partial charge in [0.05, 0.1) is 6.10 Å². The highest BCUT2D eigenvalue weighted by Crippen LogP contribution is 2.29. The summed E-state index contributed by atoms with van der Waals surface area (Å²) in [7, 11) is 0. The first-order chi connectivity index (χ1) is 8.81. The van der Waals surface area contributed by atoms with Crippen molar-refractivity contribution in [3.63, 3.8) is 0 Å². The Balaban J connectivity index is 1.71. The van der Waals surface area contributed by atoms with Gasteiger partial charge in [-0.2, -0.15) is 0 Å². The van der Waals surface area contributed by atoms with Crippen LogP contribution in [0.1, 0.15) is 43.7 Å². The first kappa shape index (κ1) is 12.0. The van der Waals surface area contributed by atoms with Crippen LogP contribution in [0.15, 0.2) is 18.2 Å². The van der Waals surface area contributed by atoms with Crippen molar-refractivity contribution >= 4 is 0 Å². The highest BCUT2D eigenvalue weighted by Gasteiger charge is 2.18. The van der Waals surface area contributed by atoms with Crippen LogP contribution in [0.3, 0.4) is 0 Å². The smallest absolute Gasteiger partial charge is 0.123 e. The Bertz CT molecular complexity index is 410. The molecule has 3 rings (SSSR count). The Morgan fingerprint density at radius 3 is 3.06 bits per heavy atom. The zero-order valence-corrected chi connectivity index (χ0v) is 11.2. The second-order valence-corrected chi connectivity index (χ2v) is 5.76. The first-order valence-corrected chi connectivity index (χ1v) is 7.33. The van der Waals surface area contributed by atoms with E-state index in [1.807, 2.05) is 0 Å². The third-order valence-electron chi connectivity index (χ3n) is 4.17. The molecule has 1 aromatic carbocycles. The van der Waals surface area contributed by atoms with Crippen molar-refractivity contribution in [2.45, 2.75) is 57.6 Å². The van der Waals surface area contributed by atoms with Crippen molar-refractivity contribution in [2.75, 3.05) is 6.54 Å². The predicted octanol–water partition coefficient (Wildman–Crippen LogP) is 3.08. The molecule has 18 heavy (non-hydrogen) atoms. The highest BCUT2D eigenvalue weighted by molar-refractivity contribution is 5.39. The van der Waals surface area contributed by atoms with E-state index in [4.69, 9.17) is 4.74 Å². The van der Waals surface area contributed by atoms with Gasteiger partial charge in [0, 0.05) is 6.04 Å². The SMILES string of the molecule is CC1CCc2ccc(CC3CCCCN3)cc2O1. The van der Waals surface area contributed by atoms with E-state index in [1.165, 1.54) is 43.4 Å². The minimum absolute atomic E-state index is 0.376. The predicted molar refractivity (Wildman–Crippen MR) is 74.2 cm³/mol. The number of hydrogen-bond donors (Lipinski definition) is 1. The zero-order valence-electron chi connectivity index (χ0n) is 11.2. The molecule has 2 unspecified atom stereocenters. The van der Waals surface area contributed by atoms with Gasteiger partial charge in [-0.15, -0.1) is 0 Å². The average Bonchev–Trinajstić information content (AvgIpc) is 2.39. The fourth-order valence-electron chi connectivity index (χ4n) is 3.06. The first-order valence-electron chi connectivity index (χ1n) is 7.33. The maximum absolute atomic E-state index is 5.94. The quantitative estimate of drug-likeness (QED) is 0.864. The summed E-state index contributed by atoms with van der Waals surface area (Å²) in [5.41, 5.74) is 2.80. The van der Waals surface area contributed by atoms with Crippen molar-refractivity contribution in [1.29, 1.82) is 0 Å². The van der Waals surface area contributed by atoms with Crippen LogP contribution in [0.4, 0.5) is 0 Å². The van der Waals surface area contributed by atoms with E-state index in [1.54, 1.807) is 0 Å². The second-order valence-electron chi connectivity index (χ2n) is 5.76. The molecule has 0 radical (unpaired) electrons. The maximum Gasteiger partial charge on any atom is 0.123 e. The number of rotatable bonds is 2. The van der Waals surface area contributed by atoms with Crippen molar-refractivity contribution in [1.82, 2.24) is 5.32 Å². The normalized spacial score (nSPS) is 27.4. The molecule has 1 fully saturated rings. The largest absolute Gasteiger partial charge is 0.490 e. The Hall–Kier alpha value is -1.02. The van der Waals surface area contributed by atoms with E-state index in [9.17, 15) is 0 Å². The van der Waals surface area contributed by atoms with Gasteiger partial charge in [-0.1, -0.05) is 18.6 Å². The molecule has 0 spiro atoms. The summed E-state index contributed by atoms with van der Waals surface area (Å²) in [4.78, 5) is 0. The van der Waals surface area contributed by atoms with Crippen molar-refractivity contribution < 1.29 is 4.74 Å². The van der Waals surface area contributed by atoms with Crippen molar-refractivity contribution in [3.8, 4) is 5.75 Å². The molecule has 2 heteroatoms. The Labute approximate surface area is 110 Å². The van der Waals surface area contributed by atoms with E-state index in [-0.39, 0.29) is 0 Å². The third kappa shape index (κ3) is 2.69. The molecule has 2 nitrogen and oxygen atoms in total. The molecule has 1 aromatic rings. The van der Waals surface area contributed by atoms with Crippen LogP contribution < -0.4 is 10.1 Å². The van der Waals surface area contributed by atoms with Gasteiger partial charge in [0.25, 0.3) is 0 Å². The number of fused-ring (bicyclic) bond motifs is 1. The van der Waals surface area contributed by atoms with Gasteiger partial charge >= 0.3 is 0 Å². The molecule has 1 N–H and O–H groups in total. The van der Waals surface area contributed by atoms with Crippen LogP contribution >= 0.6 is 0 Å². The molecule has 2 aliphatic rings. The van der Waals surface area contributed by atoms with Crippen LogP contribution in [-0.4, -0.2) is 18.7 Å². The maximum atomic E-state index is 5.94. The number of hydrogen-bond acceptors (Lipinski definition) is 2. The topological polar surface area (TPSA) is 21.3 Å². The van der Waals surface area contributed by atoms with Gasteiger partial charge in [-0.25, -0.2) is 0 Å². The molecule has 0 aromatic heterocycles. The van der Waals surface area contributed by atoms with Crippen LogP contribution in [0.5, 0.6) is 5.75 Å². The molecule has 2 heterocycles. The minimum atomic E-state index is 0.376. The van der Waals surface area contributed by atoms with Gasteiger partial charge < -0.3 is 10.1 Å². The van der Waals surface area contributed by atoms with Crippen LogP contribution in [0, 0.1) is 0 Å². The standard InChI is InChI=1S/C16H23NO/c1-12-5-7-14-8-6-13(11-16(14)18-12)10-15-4-2-3-9-17-15/h6,8,11-12,15,17H,2-5,7,9-10H2,1H3. The summed E-state index contributed by atoms with van der Waals surface area (Å²) in [6, 6.07) is 7.48. The summed E-state index contributed by atoms with van der Waals surface area (Å²) in [5.74, 6) is 1.13. The van der Waals surface area contributed by atoms with Crippen LogP contribution in [0.25, 0.3) is 0 Å². The van der Waals surface area contributed by atoms with E-state index in [0.717, 1.165) is 18.6 Å². The Kier molecular flexibility index (Phi) is 3.55. The molecule has 2 aliphatic heterocycles. The Morgan fingerprint density at radius 1 is 1.28 bits per heavy atom. The van der Waals surface area contributed by atoms with Gasteiger partial charge in [-0.05, 0) is 62.8 Å². The number of nitrogens with one attached hydrogen (secondary N) is 1. The third-order valence-corrected chi connectivity index (χ3v) is 4.17. The number of benzene rings is 1. The summed E-state index contributed by atoms with van der Waals surface area (Å²) < 4.78 is 5.94. The number of piperidine rings is 1. The monoisotopic (exact) mass is 245 g/mol. The molecule has 0 amide bonds. The summed E-state index contributed by atoms with van der Waals surface area (Å²) in [6.07, 6.45) is 7.85. The molecule has 2 atom stereocenters. The van der Waals surface area contributed by atoms with Crippen LogP contribution in [0.2, 0.25) is 0 Å². The van der Waals surface area contributed by atoms with Crippen LogP contribution in [-0.2, 0) is 12.8 Å². The molecule has 0 saturated carbocycles. The second kappa shape index (κ2) is 5.31. The summed E-state index contributed by atoms with van der Waals surface area (Å²) >= 11 is 0. The van der Waals surface area contributed by atoms with Gasteiger partial charge in [-0.3, -0.25) is 0 Å². The lowest BCUT2D eigenvalue weighted by atomic mass is 9.95. The number of ether oxygens (including phenoxy) is 1. The molecule has 0 bridgehead atoms. The molecular formula is C16H23NO. The van der Waals surface area contributed by atoms with Gasteiger partial charge in [0.2, 0.25) is 0 Å². The molecule has 98 valence electrons. The van der Waals surface area contributed by atoms with E-state index < -0.39 is 0 Å². The fourth-order valence-corrected chi connectivity index (χ4v) is 3.06. The molecule has 1 saturated heterocycles. The van der Waals surface area contributed by atoms with Gasteiger partial charge in [0.1, 0.15) is 5.75 Å². The zero-order chi connectivity index (χ0) is 12.4. The van der Waals surface area contributed by atoms with Crippen molar-refractivity contribution in [2.24, 2.45) is 0 Å². The molecule has 0 aliphatic carbocycles. The van der Waals surface area contributed by atoms with Crippen molar-refractivity contribution in [3.05, 3.63) is 29.3 Å². The minimum Gasteiger partial charge on any atom is -0.490 e. The average molecular weight is 245 g/mol. The lowest BCUT2D eigenvalue weighted by molar-refractivity contribution is 0.192. The summed E-state index contributed by atoms with van der Waals surface area (Å²) in [5, 5.41) is 3.62. The summed E-state index contributed by atoms with van der Waals surface area (Å²) in [6.45, 7) is 3.35. The highest BCUT2D eigenvalue weighted by atomic mass is 16.5. The Morgan fingerprint density at radius 2 is 2.22 bits per heavy atom. The number of aryl methyl sites for hydroxylation is 1. The fraction of sp³-hybridized carbons (Fsp3) is 0.625. The van der Waals surface area contributed by atoms with E-state index in [2.05, 4.69) is 30.4 Å². The van der Waals surface area contributed by atoms with E-state index in [0.29, 0.717) is 12.1 Å². The lowest BCUT2D eigenvalue weighted by Gasteiger charge is -2.26. The lowest BCUT2D eigenvalue weighted by Crippen LogP contribution is -2.35. The molecular weight excluding hydrogens is 222 g/mol.